The molecular weight excluding hydrogens is 296 g/mol. The fraction of sp³-hybridized carbons (Fsp3) is 0.529. The van der Waals surface area contributed by atoms with Crippen molar-refractivity contribution in [2.75, 3.05) is 12.3 Å². The summed E-state index contributed by atoms with van der Waals surface area (Å²) < 4.78 is 0. The second-order valence-corrected chi connectivity index (χ2v) is 6.18. The van der Waals surface area contributed by atoms with E-state index in [1.54, 1.807) is 0 Å². The van der Waals surface area contributed by atoms with E-state index in [9.17, 15) is 9.59 Å². The van der Waals surface area contributed by atoms with Crippen molar-refractivity contribution in [1.29, 1.82) is 0 Å². The molecule has 2 N–H and O–H groups in total. The van der Waals surface area contributed by atoms with Crippen LogP contribution in [0.1, 0.15) is 25.8 Å². The highest BCUT2D eigenvalue weighted by atomic mass is 32.1. The number of thiol groups is 1. The smallest absolute Gasteiger partial charge is 0.221 e. The highest BCUT2D eigenvalue weighted by molar-refractivity contribution is 7.80. The molecule has 1 amide bonds. The second kappa shape index (κ2) is 10.4. The number of carbonyl (C=O) groups excluding carboxylic acids is 2. The van der Waals surface area contributed by atoms with Crippen LogP contribution in [0.4, 0.5) is 0 Å². The Balaban J connectivity index is 2.50. The monoisotopic (exact) mass is 322 g/mol. The van der Waals surface area contributed by atoms with Crippen LogP contribution >= 0.6 is 12.6 Å². The van der Waals surface area contributed by atoms with Crippen molar-refractivity contribution in [2.24, 2.45) is 5.92 Å². The molecule has 1 rings (SSSR count). The molecule has 0 saturated carbocycles. The highest BCUT2D eigenvalue weighted by Gasteiger charge is 2.17. The molecule has 0 saturated heterocycles. The number of aldehydes is 1. The first-order valence-corrected chi connectivity index (χ1v) is 8.33. The minimum atomic E-state index is -0.245. The quantitative estimate of drug-likeness (QED) is 0.455. The summed E-state index contributed by atoms with van der Waals surface area (Å²) in [6, 6.07) is 9.66. The second-order valence-electron chi connectivity index (χ2n) is 5.73. The van der Waals surface area contributed by atoms with Gasteiger partial charge in [-0.1, -0.05) is 44.2 Å². The molecule has 0 bridgehead atoms. The van der Waals surface area contributed by atoms with Gasteiger partial charge in [-0.3, -0.25) is 4.79 Å². The van der Waals surface area contributed by atoms with E-state index in [1.165, 1.54) is 0 Å². The first kappa shape index (κ1) is 18.7. The van der Waals surface area contributed by atoms with Crippen molar-refractivity contribution in [3.05, 3.63) is 35.9 Å². The van der Waals surface area contributed by atoms with Gasteiger partial charge >= 0.3 is 0 Å². The van der Waals surface area contributed by atoms with Crippen LogP contribution in [-0.2, 0) is 16.0 Å². The van der Waals surface area contributed by atoms with Gasteiger partial charge in [0, 0.05) is 19.0 Å². The van der Waals surface area contributed by atoms with Crippen LogP contribution in [0.15, 0.2) is 30.3 Å². The van der Waals surface area contributed by atoms with Crippen LogP contribution in [0.2, 0.25) is 0 Å². The number of nitrogens with one attached hydrogen (secondary N) is 2. The maximum atomic E-state index is 11.7. The molecule has 0 aromatic heterocycles. The number of rotatable bonds is 10. The van der Waals surface area contributed by atoms with Crippen LogP contribution in [0.3, 0.4) is 0 Å². The predicted octanol–water partition coefficient (Wildman–Crippen LogP) is 1.85. The zero-order valence-electron chi connectivity index (χ0n) is 13.3. The Bertz CT molecular complexity index is 451. The maximum Gasteiger partial charge on any atom is 0.221 e. The Morgan fingerprint density at radius 2 is 1.95 bits per heavy atom. The minimum absolute atomic E-state index is 0.00112. The summed E-state index contributed by atoms with van der Waals surface area (Å²) in [4.78, 5) is 23.0. The van der Waals surface area contributed by atoms with Crippen LogP contribution < -0.4 is 10.6 Å². The summed E-state index contributed by atoms with van der Waals surface area (Å²) in [5.74, 6) is 0.830. The lowest BCUT2D eigenvalue weighted by Crippen LogP contribution is -2.48. The SMILES string of the molecule is CC(C)C(CN[C@H](C=O)Cc1ccccc1)NC(=O)CCS. The van der Waals surface area contributed by atoms with Gasteiger partial charge in [0.1, 0.15) is 6.29 Å². The van der Waals surface area contributed by atoms with Gasteiger partial charge in [0.15, 0.2) is 0 Å². The molecule has 0 aliphatic rings. The van der Waals surface area contributed by atoms with E-state index in [2.05, 4.69) is 37.1 Å². The molecule has 0 radical (unpaired) electrons. The molecule has 122 valence electrons. The average molecular weight is 322 g/mol. The van der Waals surface area contributed by atoms with Crippen molar-refractivity contribution in [1.82, 2.24) is 10.6 Å². The van der Waals surface area contributed by atoms with Crippen molar-refractivity contribution in [3.8, 4) is 0 Å². The molecule has 4 nitrogen and oxygen atoms in total. The fourth-order valence-corrected chi connectivity index (χ4v) is 2.35. The highest BCUT2D eigenvalue weighted by Crippen LogP contribution is 2.05. The molecule has 1 aromatic rings. The molecule has 0 aliphatic heterocycles. The van der Waals surface area contributed by atoms with E-state index in [-0.39, 0.29) is 18.0 Å². The number of amides is 1. The van der Waals surface area contributed by atoms with E-state index in [1.807, 2.05) is 30.3 Å². The fourth-order valence-electron chi connectivity index (χ4n) is 2.15. The van der Waals surface area contributed by atoms with Crippen LogP contribution in [0.5, 0.6) is 0 Å². The lowest BCUT2D eigenvalue weighted by molar-refractivity contribution is -0.121. The van der Waals surface area contributed by atoms with Gasteiger partial charge in [-0.15, -0.1) is 0 Å². The van der Waals surface area contributed by atoms with Gasteiger partial charge in [0.25, 0.3) is 0 Å². The first-order chi connectivity index (χ1) is 10.6. The summed E-state index contributed by atoms with van der Waals surface area (Å²) in [7, 11) is 0. The van der Waals surface area contributed by atoms with Crippen molar-refractivity contribution < 1.29 is 9.59 Å². The first-order valence-electron chi connectivity index (χ1n) is 7.69. The Hall–Kier alpha value is -1.33. The molecule has 5 heteroatoms. The van der Waals surface area contributed by atoms with Crippen LogP contribution in [0, 0.1) is 5.92 Å². The summed E-state index contributed by atoms with van der Waals surface area (Å²) in [6.45, 7) is 4.69. The summed E-state index contributed by atoms with van der Waals surface area (Å²) in [5, 5.41) is 6.24. The third kappa shape index (κ3) is 7.09. The van der Waals surface area contributed by atoms with Gasteiger partial charge in [-0.25, -0.2) is 0 Å². The third-order valence-electron chi connectivity index (χ3n) is 3.55. The van der Waals surface area contributed by atoms with Gasteiger partial charge in [-0.2, -0.15) is 12.6 Å². The van der Waals surface area contributed by atoms with Crippen molar-refractivity contribution in [3.63, 3.8) is 0 Å². The standard InChI is InChI=1S/C17H26N2O2S/c1-13(2)16(19-17(21)8-9-22)11-18-15(12-20)10-14-6-4-3-5-7-14/h3-7,12-13,15-16,18,22H,8-11H2,1-2H3,(H,19,21)/t15-,16?/m0/s1. The number of benzene rings is 1. The molecule has 2 atom stereocenters. The number of hydrogen-bond acceptors (Lipinski definition) is 4. The van der Waals surface area contributed by atoms with E-state index in [0.717, 1.165) is 11.8 Å². The Morgan fingerprint density at radius 1 is 1.27 bits per heavy atom. The summed E-state index contributed by atoms with van der Waals surface area (Å²) >= 11 is 4.07. The van der Waals surface area contributed by atoms with Gasteiger partial charge in [0.05, 0.1) is 6.04 Å². The molecule has 1 unspecified atom stereocenters. The lowest BCUT2D eigenvalue weighted by Gasteiger charge is -2.24. The number of hydrogen-bond donors (Lipinski definition) is 3. The minimum Gasteiger partial charge on any atom is -0.352 e. The lowest BCUT2D eigenvalue weighted by atomic mass is 10.0. The van der Waals surface area contributed by atoms with Crippen molar-refractivity contribution >= 4 is 24.8 Å². The maximum absolute atomic E-state index is 11.7. The zero-order chi connectivity index (χ0) is 16.4. The third-order valence-corrected chi connectivity index (χ3v) is 3.78. The largest absolute Gasteiger partial charge is 0.352 e. The molecule has 1 aromatic carbocycles. The van der Waals surface area contributed by atoms with Gasteiger partial charge in [-0.05, 0) is 23.7 Å². The van der Waals surface area contributed by atoms with Crippen LogP contribution in [0.25, 0.3) is 0 Å². The summed E-state index contributed by atoms with van der Waals surface area (Å²) in [6.07, 6.45) is 1.99. The number of carbonyl (C=O) groups is 2. The summed E-state index contributed by atoms with van der Waals surface area (Å²) in [5.41, 5.74) is 1.12. The zero-order valence-corrected chi connectivity index (χ0v) is 14.2. The normalized spacial score (nSPS) is 13.6. The predicted molar refractivity (Wildman–Crippen MR) is 93.2 cm³/mol. The van der Waals surface area contributed by atoms with E-state index in [4.69, 9.17) is 0 Å². The van der Waals surface area contributed by atoms with Crippen molar-refractivity contribution in [2.45, 2.75) is 38.8 Å². The van der Waals surface area contributed by atoms with E-state index < -0.39 is 0 Å². The molecular formula is C17H26N2O2S. The van der Waals surface area contributed by atoms with E-state index >= 15 is 0 Å². The average Bonchev–Trinajstić information content (AvgIpc) is 2.51. The molecule has 0 spiro atoms. The van der Waals surface area contributed by atoms with Gasteiger partial charge in [0.2, 0.25) is 5.91 Å². The molecule has 0 heterocycles. The molecule has 0 fully saturated rings. The van der Waals surface area contributed by atoms with Crippen LogP contribution in [-0.4, -0.2) is 36.6 Å². The molecule has 22 heavy (non-hydrogen) atoms. The van der Waals surface area contributed by atoms with E-state index in [0.29, 0.717) is 31.1 Å². The Morgan fingerprint density at radius 3 is 2.50 bits per heavy atom. The Labute approximate surface area is 138 Å². The molecule has 0 aliphatic carbocycles. The van der Waals surface area contributed by atoms with Gasteiger partial charge < -0.3 is 15.4 Å². The topological polar surface area (TPSA) is 58.2 Å². The Kier molecular flexibility index (Phi) is 8.85.